The van der Waals surface area contributed by atoms with Gasteiger partial charge in [-0.15, -0.1) is 0 Å². The second kappa shape index (κ2) is 6.25. The quantitative estimate of drug-likeness (QED) is 0.896. The SMILES string of the molecule is CCCC(C)N(C)c1nc2c(cc1C(=O)O)CCCC2. The second-order valence-corrected chi connectivity index (χ2v) is 5.73. The molecule has 0 amide bonds. The van der Waals surface area contributed by atoms with E-state index >= 15 is 0 Å². The molecule has 0 aromatic carbocycles. The van der Waals surface area contributed by atoms with Crippen molar-refractivity contribution in [2.24, 2.45) is 0 Å². The lowest BCUT2D eigenvalue weighted by Gasteiger charge is -2.28. The van der Waals surface area contributed by atoms with E-state index in [0.717, 1.165) is 49.8 Å². The number of aromatic carboxylic acids is 1. The number of carboxylic acid groups (broad SMARTS) is 1. The third kappa shape index (κ3) is 2.94. The van der Waals surface area contributed by atoms with Gasteiger partial charge in [-0.1, -0.05) is 13.3 Å². The van der Waals surface area contributed by atoms with Crippen molar-refractivity contribution >= 4 is 11.8 Å². The van der Waals surface area contributed by atoms with Crippen molar-refractivity contribution in [2.75, 3.05) is 11.9 Å². The van der Waals surface area contributed by atoms with Gasteiger partial charge >= 0.3 is 5.97 Å². The average Bonchev–Trinajstić information content (AvgIpc) is 2.45. The molecular formula is C16H24N2O2. The maximum atomic E-state index is 11.5. The first-order valence-corrected chi connectivity index (χ1v) is 7.53. The molecule has 4 nitrogen and oxygen atoms in total. The number of nitrogens with zero attached hydrogens (tertiary/aromatic N) is 2. The molecule has 0 bridgehead atoms. The Bertz CT molecular complexity index is 499. The summed E-state index contributed by atoms with van der Waals surface area (Å²) < 4.78 is 0. The molecule has 1 aliphatic carbocycles. The molecular weight excluding hydrogens is 252 g/mol. The molecule has 20 heavy (non-hydrogen) atoms. The molecule has 110 valence electrons. The molecule has 0 fully saturated rings. The van der Waals surface area contributed by atoms with Crippen LogP contribution in [0.5, 0.6) is 0 Å². The number of anilines is 1. The fraction of sp³-hybridized carbons (Fsp3) is 0.625. The number of aromatic nitrogens is 1. The molecule has 1 aromatic rings. The van der Waals surface area contributed by atoms with Gasteiger partial charge in [0, 0.05) is 18.8 Å². The largest absolute Gasteiger partial charge is 0.478 e. The van der Waals surface area contributed by atoms with Gasteiger partial charge < -0.3 is 10.0 Å². The predicted octanol–water partition coefficient (Wildman–Crippen LogP) is 3.28. The molecule has 1 aliphatic rings. The molecule has 0 aliphatic heterocycles. The molecule has 1 aromatic heterocycles. The molecule has 1 atom stereocenters. The topological polar surface area (TPSA) is 53.4 Å². The van der Waals surface area contributed by atoms with E-state index in [1.807, 2.05) is 18.0 Å². The molecule has 1 heterocycles. The van der Waals surface area contributed by atoms with Crippen molar-refractivity contribution in [1.29, 1.82) is 0 Å². The summed E-state index contributed by atoms with van der Waals surface area (Å²) in [4.78, 5) is 18.2. The normalized spacial score (nSPS) is 15.6. The first-order valence-electron chi connectivity index (χ1n) is 7.53. The minimum atomic E-state index is -0.878. The Labute approximate surface area is 120 Å². The standard InChI is InChI=1S/C16H24N2O2/c1-4-7-11(2)18(3)15-13(16(19)20)10-12-8-5-6-9-14(12)17-15/h10-11H,4-9H2,1-3H3,(H,19,20). The summed E-state index contributed by atoms with van der Waals surface area (Å²) in [6, 6.07) is 2.14. The summed E-state index contributed by atoms with van der Waals surface area (Å²) in [5.74, 6) is -0.254. The van der Waals surface area contributed by atoms with Crippen molar-refractivity contribution in [3.63, 3.8) is 0 Å². The number of hydrogen-bond donors (Lipinski definition) is 1. The van der Waals surface area contributed by atoms with Crippen molar-refractivity contribution in [3.05, 3.63) is 22.9 Å². The number of carbonyl (C=O) groups is 1. The van der Waals surface area contributed by atoms with Crippen LogP contribution in [-0.2, 0) is 12.8 Å². The third-order valence-electron chi connectivity index (χ3n) is 4.21. The Morgan fingerprint density at radius 3 is 2.80 bits per heavy atom. The lowest BCUT2D eigenvalue weighted by molar-refractivity contribution is 0.0697. The zero-order chi connectivity index (χ0) is 14.7. The molecule has 0 saturated carbocycles. The van der Waals surface area contributed by atoms with Crippen molar-refractivity contribution in [2.45, 2.75) is 58.4 Å². The van der Waals surface area contributed by atoms with Crippen LogP contribution in [0.1, 0.15) is 61.1 Å². The zero-order valence-electron chi connectivity index (χ0n) is 12.6. The second-order valence-electron chi connectivity index (χ2n) is 5.73. The highest BCUT2D eigenvalue weighted by atomic mass is 16.4. The summed E-state index contributed by atoms with van der Waals surface area (Å²) in [7, 11) is 1.95. The van der Waals surface area contributed by atoms with Gasteiger partial charge in [0.15, 0.2) is 0 Å². The first kappa shape index (κ1) is 14.8. The average molecular weight is 276 g/mol. The van der Waals surface area contributed by atoms with Crippen molar-refractivity contribution < 1.29 is 9.90 Å². The lowest BCUT2D eigenvalue weighted by Crippen LogP contribution is -2.31. The van der Waals surface area contributed by atoms with Crippen LogP contribution in [0.3, 0.4) is 0 Å². The van der Waals surface area contributed by atoms with E-state index in [-0.39, 0.29) is 0 Å². The Morgan fingerprint density at radius 1 is 1.45 bits per heavy atom. The number of pyridine rings is 1. The minimum absolute atomic E-state index is 0.298. The molecule has 0 spiro atoms. The van der Waals surface area contributed by atoms with Crippen LogP contribution in [0.2, 0.25) is 0 Å². The van der Waals surface area contributed by atoms with Gasteiger partial charge in [-0.05, 0) is 50.7 Å². The molecule has 4 heteroatoms. The molecule has 0 radical (unpaired) electrons. The van der Waals surface area contributed by atoms with Gasteiger partial charge in [0.1, 0.15) is 11.4 Å². The van der Waals surface area contributed by atoms with E-state index in [2.05, 4.69) is 18.8 Å². The summed E-state index contributed by atoms with van der Waals surface area (Å²) in [5.41, 5.74) is 2.55. The van der Waals surface area contributed by atoms with Crippen LogP contribution < -0.4 is 4.90 Å². The van der Waals surface area contributed by atoms with Crippen LogP contribution in [0.4, 0.5) is 5.82 Å². The maximum Gasteiger partial charge on any atom is 0.339 e. The van der Waals surface area contributed by atoms with Crippen LogP contribution in [-0.4, -0.2) is 29.1 Å². The van der Waals surface area contributed by atoms with E-state index in [1.165, 1.54) is 0 Å². The smallest absolute Gasteiger partial charge is 0.339 e. The van der Waals surface area contributed by atoms with Crippen molar-refractivity contribution in [3.8, 4) is 0 Å². The Balaban J connectivity index is 2.41. The van der Waals surface area contributed by atoms with Crippen LogP contribution >= 0.6 is 0 Å². The summed E-state index contributed by atoms with van der Waals surface area (Å²) >= 11 is 0. The molecule has 1 N–H and O–H groups in total. The molecule has 2 rings (SSSR count). The monoisotopic (exact) mass is 276 g/mol. The van der Waals surface area contributed by atoms with Gasteiger partial charge in [0.2, 0.25) is 0 Å². The first-order chi connectivity index (χ1) is 9.54. The fourth-order valence-corrected chi connectivity index (χ4v) is 2.87. The lowest BCUT2D eigenvalue weighted by atomic mass is 9.94. The van der Waals surface area contributed by atoms with Gasteiger partial charge in [0.25, 0.3) is 0 Å². The number of aryl methyl sites for hydroxylation is 2. The maximum absolute atomic E-state index is 11.5. The van der Waals surface area contributed by atoms with E-state index in [0.29, 0.717) is 17.4 Å². The third-order valence-corrected chi connectivity index (χ3v) is 4.21. The van der Waals surface area contributed by atoms with E-state index < -0.39 is 5.97 Å². The van der Waals surface area contributed by atoms with Crippen LogP contribution in [0, 0.1) is 0 Å². The Morgan fingerprint density at radius 2 is 2.15 bits per heavy atom. The highest BCUT2D eigenvalue weighted by Crippen LogP contribution is 2.27. The Hall–Kier alpha value is -1.58. The Kier molecular flexibility index (Phi) is 4.63. The highest BCUT2D eigenvalue weighted by molar-refractivity contribution is 5.93. The number of carboxylic acids is 1. The number of rotatable bonds is 5. The fourth-order valence-electron chi connectivity index (χ4n) is 2.87. The van der Waals surface area contributed by atoms with Crippen LogP contribution in [0.25, 0.3) is 0 Å². The highest BCUT2D eigenvalue weighted by Gasteiger charge is 2.22. The summed E-state index contributed by atoms with van der Waals surface area (Å²) in [5, 5.41) is 9.46. The van der Waals surface area contributed by atoms with Crippen molar-refractivity contribution in [1.82, 2.24) is 4.98 Å². The number of fused-ring (bicyclic) bond motifs is 1. The summed E-state index contributed by atoms with van der Waals surface area (Å²) in [6.45, 7) is 4.26. The van der Waals surface area contributed by atoms with Crippen LogP contribution in [0.15, 0.2) is 6.07 Å². The minimum Gasteiger partial charge on any atom is -0.478 e. The van der Waals surface area contributed by atoms with E-state index in [4.69, 9.17) is 0 Å². The van der Waals surface area contributed by atoms with Gasteiger partial charge in [0.05, 0.1) is 0 Å². The van der Waals surface area contributed by atoms with E-state index in [1.54, 1.807) is 0 Å². The van der Waals surface area contributed by atoms with E-state index in [9.17, 15) is 9.90 Å². The van der Waals surface area contributed by atoms with Gasteiger partial charge in [-0.2, -0.15) is 0 Å². The number of hydrogen-bond acceptors (Lipinski definition) is 3. The molecule has 1 unspecified atom stereocenters. The summed E-state index contributed by atoms with van der Waals surface area (Å²) in [6.07, 6.45) is 6.33. The zero-order valence-corrected chi connectivity index (χ0v) is 12.6. The van der Waals surface area contributed by atoms with Gasteiger partial charge in [-0.3, -0.25) is 0 Å². The van der Waals surface area contributed by atoms with Gasteiger partial charge in [-0.25, -0.2) is 9.78 Å². The predicted molar refractivity (Wildman–Crippen MR) is 80.6 cm³/mol. The molecule has 0 saturated heterocycles.